The Morgan fingerprint density at radius 3 is 2.71 bits per heavy atom. The molecular formula is C9H17N3O2. The van der Waals surface area contributed by atoms with Crippen molar-refractivity contribution in [1.29, 1.82) is 0 Å². The van der Waals surface area contributed by atoms with Gasteiger partial charge in [0.25, 0.3) is 0 Å². The zero-order valence-electron chi connectivity index (χ0n) is 8.28. The van der Waals surface area contributed by atoms with Crippen LogP contribution in [0, 0.1) is 0 Å². The number of rotatable bonds is 1. The van der Waals surface area contributed by atoms with Gasteiger partial charge < -0.3 is 10.2 Å². The number of urea groups is 1. The smallest absolute Gasteiger partial charge is 0.320 e. The average Bonchev–Trinajstić information content (AvgIpc) is 2.23. The van der Waals surface area contributed by atoms with Crippen LogP contribution in [0.5, 0.6) is 0 Å². The van der Waals surface area contributed by atoms with Crippen LogP contribution in [-0.2, 0) is 0 Å². The molecule has 0 unspecified atom stereocenters. The summed E-state index contributed by atoms with van der Waals surface area (Å²) in [4.78, 5) is 13.4. The highest BCUT2D eigenvalue weighted by Crippen LogP contribution is 2.17. The number of piperidine rings is 1. The second-order valence-electron chi connectivity index (χ2n) is 3.93. The van der Waals surface area contributed by atoms with Gasteiger partial charge in [0.15, 0.2) is 0 Å². The average molecular weight is 199 g/mol. The number of amides is 2. The van der Waals surface area contributed by atoms with Gasteiger partial charge in [-0.3, -0.25) is 5.21 Å². The van der Waals surface area contributed by atoms with E-state index < -0.39 is 0 Å². The summed E-state index contributed by atoms with van der Waals surface area (Å²) >= 11 is 0. The Morgan fingerprint density at radius 1 is 1.29 bits per heavy atom. The van der Waals surface area contributed by atoms with Crippen LogP contribution >= 0.6 is 0 Å². The van der Waals surface area contributed by atoms with E-state index in [-0.39, 0.29) is 6.03 Å². The van der Waals surface area contributed by atoms with Gasteiger partial charge in [-0.25, -0.2) is 9.86 Å². The number of carbonyl (C=O) groups is 1. The second kappa shape index (κ2) is 4.14. The van der Waals surface area contributed by atoms with Gasteiger partial charge in [0, 0.05) is 12.6 Å². The fourth-order valence-corrected chi connectivity index (χ4v) is 2.19. The molecule has 2 heterocycles. The summed E-state index contributed by atoms with van der Waals surface area (Å²) in [5.74, 6) is 0. The Hall–Kier alpha value is -0.810. The van der Waals surface area contributed by atoms with E-state index in [1.807, 2.05) is 4.90 Å². The zero-order chi connectivity index (χ0) is 9.97. The van der Waals surface area contributed by atoms with Crippen molar-refractivity contribution >= 4 is 6.03 Å². The third kappa shape index (κ3) is 1.83. The summed E-state index contributed by atoms with van der Waals surface area (Å²) in [6, 6.07) is 0.0989. The lowest BCUT2D eigenvalue weighted by Gasteiger charge is -2.39. The van der Waals surface area contributed by atoms with E-state index in [1.54, 1.807) is 0 Å². The molecule has 0 aliphatic carbocycles. The van der Waals surface area contributed by atoms with E-state index in [9.17, 15) is 10.0 Å². The van der Waals surface area contributed by atoms with Crippen LogP contribution < -0.4 is 5.32 Å². The van der Waals surface area contributed by atoms with Crippen LogP contribution in [0.3, 0.4) is 0 Å². The molecule has 80 valence electrons. The van der Waals surface area contributed by atoms with Gasteiger partial charge in [-0.15, -0.1) is 0 Å². The van der Waals surface area contributed by atoms with Crippen LogP contribution in [0.15, 0.2) is 0 Å². The first kappa shape index (κ1) is 9.73. The Bertz CT molecular complexity index is 216. The van der Waals surface area contributed by atoms with E-state index in [0.717, 1.165) is 44.0 Å². The molecule has 0 bridgehead atoms. The molecule has 2 amide bonds. The van der Waals surface area contributed by atoms with E-state index in [0.29, 0.717) is 12.6 Å². The summed E-state index contributed by atoms with van der Waals surface area (Å²) in [6.07, 6.45) is 2.87. The molecule has 0 spiro atoms. The summed E-state index contributed by atoms with van der Waals surface area (Å²) in [7, 11) is 0. The number of nitrogens with one attached hydrogen (secondary N) is 1. The van der Waals surface area contributed by atoms with Gasteiger partial charge in [0.2, 0.25) is 0 Å². The van der Waals surface area contributed by atoms with Crippen molar-refractivity contribution in [2.24, 2.45) is 0 Å². The third-order valence-corrected chi connectivity index (χ3v) is 2.98. The number of hydrogen-bond acceptors (Lipinski definition) is 3. The summed E-state index contributed by atoms with van der Waals surface area (Å²) < 4.78 is 0. The molecule has 2 rings (SSSR count). The van der Waals surface area contributed by atoms with Crippen LogP contribution in [-0.4, -0.2) is 53.4 Å². The van der Waals surface area contributed by atoms with Crippen LogP contribution in [0.4, 0.5) is 4.79 Å². The molecular weight excluding hydrogens is 182 g/mol. The molecule has 14 heavy (non-hydrogen) atoms. The first-order valence-electron chi connectivity index (χ1n) is 5.27. The van der Waals surface area contributed by atoms with Gasteiger partial charge in [-0.05, 0) is 32.4 Å². The van der Waals surface area contributed by atoms with Gasteiger partial charge in [0.1, 0.15) is 0 Å². The molecule has 2 saturated heterocycles. The maximum absolute atomic E-state index is 11.6. The highest BCUT2D eigenvalue weighted by molar-refractivity contribution is 5.74. The summed E-state index contributed by atoms with van der Waals surface area (Å²) in [6.45, 7) is 3.21. The molecule has 2 N–H and O–H groups in total. The van der Waals surface area contributed by atoms with E-state index in [1.165, 1.54) is 0 Å². The summed E-state index contributed by atoms with van der Waals surface area (Å²) in [5, 5.41) is 13.4. The molecule has 0 aromatic heterocycles. The van der Waals surface area contributed by atoms with Crippen molar-refractivity contribution in [1.82, 2.24) is 15.3 Å². The molecule has 0 atom stereocenters. The fourth-order valence-electron chi connectivity index (χ4n) is 2.19. The van der Waals surface area contributed by atoms with Gasteiger partial charge in [-0.1, -0.05) is 0 Å². The molecule has 0 aromatic carbocycles. The van der Waals surface area contributed by atoms with E-state index in [2.05, 4.69) is 5.32 Å². The monoisotopic (exact) mass is 199 g/mol. The summed E-state index contributed by atoms with van der Waals surface area (Å²) in [5.41, 5.74) is 0. The highest BCUT2D eigenvalue weighted by Gasteiger charge is 2.30. The Kier molecular flexibility index (Phi) is 2.88. The van der Waals surface area contributed by atoms with Crippen molar-refractivity contribution in [2.75, 3.05) is 26.2 Å². The standard InChI is InChI=1S/C9H17N3O2/c13-9-11(6-1-7-12(9)14)8-2-4-10-5-3-8/h8,10,14H,1-7H2. The molecule has 2 fully saturated rings. The number of hydroxylamine groups is 2. The molecule has 2 aliphatic rings. The third-order valence-electron chi connectivity index (χ3n) is 2.98. The lowest BCUT2D eigenvalue weighted by Crippen LogP contribution is -2.54. The van der Waals surface area contributed by atoms with Gasteiger partial charge in [0.05, 0.1) is 6.54 Å². The van der Waals surface area contributed by atoms with Crippen molar-refractivity contribution in [3.05, 3.63) is 0 Å². The maximum Gasteiger partial charge on any atom is 0.343 e. The number of carbonyl (C=O) groups excluding carboxylic acids is 1. The van der Waals surface area contributed by atoms with E-state index >= 15 is 0 Å². The maximum atomic E-state index is 11.6. The first-order valence-corrected chi connectivity index (χ1v) is 5.27. The molecule has 0 radical (unpaired) electrons. The molecule has 0 saturated carbocycles. The number of nitrogens with zero attached hydrogens (tertiary/aromatic N) is 2. The largest absolute Gasteiger partial charge is 0.343 e. The fraction of sp³-hybridized carbons (Fsp3) is 0.889. The Morgan fingerprint density at radius 2 is 2.00 bits per heavy atom. The molecule has 5 nitrogen and oxygen atoms in total. The zero-order valence-corrected chi connectivity index (χ0v) is 8.28. The molecule has 2 aliphatic heterocycles. The van der Waals surface area contributed by atoms with Crippen LogP contribution in [0.25, 0.3) is 0 Å². The van der Waals surface area contributed by atoms with Crippen molar-refractivity contribution in [3.63, 3.8) is 0 Å². The lowest BCUT2D eigenvalue weighted by atomic mass is 10.0. The molecule has 0 aromatic rings. The topological polar surface area (TPSA) is 55.8 Å². The molecule has 5 heteroatoms. The number of hydrogen-bond donors (Lipinski definition) is 2. The minimum atomic E-state index is -0.219. The Labute approximate surface area is 83.6 Å². The van der Waals surface area contributed by atoms with Crippen LogP contribution in [0.1, 0.15) is 19.3 Å². The van der Waals surface area contributed by atoms with Crippen molar-refractivity contribution in [3.8, 4) is 0 Å². The lowest BCUT2D eigenvalue weighted by molar-refractivity contribution is -0.0780. The first-order chi connectivity index (χ1) is 6.79. The van der Waals surface area contributed by atoms with Crippen molar-refractivity contribution in [2.45, 2.75) is 25.3 Å². The van der Waals surface area contributed by atoms with Crippen LogP contribution in [0.2, 0.25) is 0 Å². The van der Waals surface area contributed by atoms with Crippen molar-refractivity contribution < 1.29 is 10.0 Å². The highest BCUT2D eigenvalue weighted by atomic mass is 16.5. The SMILES string of the molecule is O=C1N(O)CCCN1C1CCNCC1. The predicted molar refractivity (Wildman–Crippen MR) is 51.1 cm³/mol. The quantitative estimate of drug-likeness (QED) is 0.595. The van der Waals surface area contributed by atoms with Gasteiger partial charge >= 0.3 is 6.03 Å². The minimum Gasteiger partial charge on any atom is -0.320 e. The minimum absolute atomic E-state index is 0.219. The second-order valence-corrected chi connectivity index (χ2v) is 3.93. The predicted octanol–water partition coefficient (Wildman–Crippen LogP) is 0.255. The van der Waals surface area contributed by atoms with Gasteiger partial charge in [-0.2, -0.15) is 0 Å². The Balaban J connectivity index is 1.97. The van der Waals surface area contributed by atoms with E-state index in [4.69, 9.17) is 0 Å². The normalized spacial score (nSPS) is 25.6.